The second-order valence-corrected chi connectivity index (χ2v) is 5.08. The molecule has 5 heteroatoms. The van der Waals surface area contributed by atoms with Gasteiger partial charge in [-0.2, -0.15) is 0 Å². The van der Waals surface area contributed by atoms with Crippen molar-refractivity contribution in [3.63, 3.8) is 0 Å². The van der Waals surface area contributed by atoms with E-state index in [1.165, 1.54) is 16.2 Å². The van der Waals surface area contributed by atoms with Gasteiger partial charge in [0.1, 0.15) is 5.75 Å². The highest BCUT2D eigenvalue weighted by Gasteiger charge is 2.27. The number of carbonyl (C=O) groups excluding carboxylic acids is 2. The van der Waals surface area contributed by atoms with Crippen LogP contribution in [0.15, 0.2) is 41.8 Å². The lowest BCUT2D eigenvalue weighted by atomic mass is 10.2. The van der Waals surface area contributed by atoms with Gasteiger partial charge in [-0.3, -0.25) is 14.5 Å². The lowest BCUT2D eigenvalue weighted by molar-refractivity contribution is -0.121. The summed E-state index contributed by atoms with van der Waals surface area (Å²) in [5.74, 6) is 0.393. The molecule has 3 rings (SSSR count). The Morgan fingerprint density at radius 1 is 1.26 bits per heavy atom. The first-order chi connectivity index (χ1) is 9.25. The zero-order valence-electron chi connectivity index (χ0n) is 10.0. The molecule has 0 N–H and O–H groups in total. The number of ether oxygens (including phenoxy) is 1. The third kappa shape index (κ3) is 2.24. The summed E-state index contributed by atoms with van der Waals surface area (Å²) in [4.78, 5) is 26.2. The molecule has 0 saturated carbocycles. The number of thiophene rings is 1. The van der Waals surface area contributed by atoms with E-state index >= 15 is 0 Å². The van der Waals surface area contributed by atoms with E-state index in [1.807, 2.05) is 23.6 Å². The maximum absolute atomic E-state index is 12.1. The SMILES string of the molecule is O=C(CN1C(=O)COc2ccccc21)c1cccs1. The van der Waals surface area contributed by atoms with Gasteiger partial charge in [0, 0.05) is 0 Å². The molecule has 0 radical (unpaired) electrons. The molecule has 2 aromatic rings. The van der Waals surface area contributed by atoms with Crippen LogP contribution in [0.25, 0.3) is 0 Å². The first kappa shape index (κ1) is 11.9. The molecule has 1 aromatic carbocycles. The molecule has 0 saturated heterocycles. The van der Waals surface area contributed by atoms with Gasteiger partial charge in [-0.05, 0) is 23.6 Å². The number of hydrogen-bond donors (Lipinski definition) is 0. The smallest absolute Gasteiger partial charge is 0.265 e. The molecule has 96 valence electrons. The van der Waals surface area contributed by atoms with Gasteiger partial charge < -0.3 is 4.74 Å². The molecule has 1 aliphatic rings. The predicted octanol–water partition coefficient (Wildman–Crippen LogP) is 2.36. The number of fused-ring (bicyclic) bond motifs is 1. The van der Waals surface area contributed by atoms with E-state index in [0.717, 1.165) is 0 Å². The molecule has 0 spiro atoms. The van der Waals surface area contributed by atoms with Crippen LogP contribution in [0.1, 0.15) is 9.67 Å². The summed E-state index contributed by atoms with van der Waals surface area (Å²) in [7, 11) is 0. The number of anilines is 1. The normalized spacial score (nSPS) is 13.9. The van der Waals surface area contributed by atoms with Crippen LogP contribution in [0.4, 0.5) is 5.69 Å². The number of hydrogen-bond acceptors (Lipinski definition) is 4. The van der Waals surface area contributed by atoms with Gasteiger partial charge in [-0.25, -0.2) is 0 Å². The predicted molar refractivity (Wildman–Crippen MR) is 72.9 cm³/mol. The Balaban J connectivity index is 1.88. The summed E-state index contributed by atoms with van der Waals surface area (Å²) < 4.78 is 5.34. The molecule has 0 fully saturated rings. The standard InChI is InChI=1S/C14H11NO3S/c16-11(13-6-3-7-19-13)8-15-10-4-1-2-5-12(10)18-9-14(15)17/h1-7H,8-9H2. The Morgan fingerprint density at radius 3 is 2.89 bits per heavy atom. The molecule has 0 bridgehead atoms. The molecule has 19 heavy (non-hydrogen) atoms. The third-order valence-electron chi connectivity index (χ3n) is 2.91. The molecule has 1 aliphatic heterocycles. The largest absolute Gasteiger partial charge is 0.482 e. The first-order valence-electron chi connectivity index (χ1n) is 5.84. The Hall–Kier alpha value is -2.14. The maximum atomic E-state index is 12.1. The zero-order valence-corrected chi connectivity index (χ0v) is 10.9. The fourth-order valence-corrected chi connectivity index (χ4v) is 2.64. The van der Waals surface area contributed by atoms with Crippen LogP contribution >= 0.6 is 11.3 Å². The van der Waals surface area contributed by atoms with Crippen LogP contribution in [0.2, 0.25) is 0 Å². The van der Waals surface area contributed by atoms with E-state index in [2.05, 4.69) is 0 Å². The Morgan fingerprint density at radius 2 is 2.11 bits per heavy atom. The summed E-state index contributed by atoms with van der Waals surface area (Å²) in [6, 6.07) is 10.8. The average Bonchev–Trinajstić information content (AvgIpc) is 2.96. The molecule has 1 aromatic heterocycles. The minimum atomic E-state index is -0.191. The first-order valence-corrected chi connectivity index (χ1v) is 6.72. The second kappa shape index (κ2) is 4.85. The number of para-hydroxylation sites is 2. The van der Waals surface area contributed by atoms with Crippen molar-refractivity contribution in [3.05, 3.63) is 46.7 Å². The van der Waals surface area contributed by atoms with Crippen LogP contribution in [-0.4, -0.2) is 24.8 Å². The quantitative estimate of drug-likeness (QED) is 0.806. The van der Waals surface area contributed by atoms with Gasteiger partial charge >= 0.3 is 0 Å². The van der Waals surface area contributed by atoms with Crippen molar-refractivity contribution in [2.24, 2.45) is 0 Å². The molecular formula is C14H11NO3S. The Kier molecular flexibility index (Phi) is 3.05. The van der Waals surface area contributed by atoms with E-state index in [1.54, 1.807) is 18.2 Å². The summed E-state index contributed by atoms with van der Waals surface area (Å²) in [5, 5.41) is 1.85. The van der Waals surface area contributed by atoms with E-state index in [0.29, 0.717) is 16.3 Å². The topological polar surface area (TPSA) is 46.6 Å². The van der Waals surface area contributed by atoms with Crippen molar-refractivity contribution in [2.45, 2.75) is 0 Å². The molecule has 2 heterocycles. The maximum Gasteiger partial charge on any atom is 0.265 e. The second-order valence-electron chi connectivity index (χ2n) is 4.14. The van der Waals surface area contributed by atoms with Gasteiger partial charge in [-0.1, -0.05) is 18.2 Å². The monoisotopic (exact) mass is 273 g/mol. The van der Waals surface area contributed by atoms with E-state index in [-0.39, 0.29) is 24.8 Å². The van der Waals surface area contributed by atoms with Gasteiger partial charge in [-0.15, -0.1) is 11.3 Å². The number of nitrogens with zero attached hydrogens (tertiary/aromatic N) is 1. The summed E-state index contributed by atoms with van der Waals surface area (Å²) in [5.41, 5.74) is 0.656. The molecule has 1 amide bonds. The van der Waals surface area contributed by atoms with Gasteiger partial charge in [0.2, 0.25) is 0 Å². The number of Topliss-reactive ketones (excluding diaryl/α,β-unsaturated/α-hetero) is 1. The van der Waals surface area contributed by atoms with Crippen LogP contribution in [-0.2, 0) is 4.79 Å². The van der Waals surface area contributed by atoms with Gasteiger partial charge in [0.15, 0.2) is 12.4 Å². The number of benzene rings is 1. The van der Waals surface area contributed by atoms with Crippen LogP contribution in [0, 0.1) is 0 Å². The lowest BCUT2D eigenvalue weighted by Gasteiger charge is -2.28. The molecule has 4 nitrogen and oxygen atoms in total. The highest BCUT2D eigenvalue weighted by Crippen LogP contribution is 2.31. The van der Waals surface area contributed by atoms with E-state index in [4.69, 9.17) is 4.74 Å². The molecule has 0 unspecified atom stereocenters. The van der Waals surface area contributed by atoms with Crippen molar-refractivity contribution < 1.29 is 14.3 Å². The van der Waals surface area contributed by atoms with Crippen molar-refractivity contribution in [1.29, 1.82) is 0 Å². The van der Waals surface area contributed by atoms with Gasteiger partial charge in [0.25, 0.3) is 5.91 Å². The van der Waals surface area contributed by atoms with Crippen molar-refractivity contribution in [1.82, 2.24) is 0 Å². The Bertz CT molecular complexity index is 621. The highest BCUT2D eigenvalue weighted by atomic mass is 32.1. The van der Waals surface area contributed by atoms with Crippen LogP contribution < -0.4 is 9.64 Å². The van der Waals surface area contributed by atoms with Gasteiger partial charge in [0.05, 0.1) is 17.1 Å². The fraction of sp³-hybridized carbons (Fsp3) is 0.143. The van der Waals surface area contributed by atoms with Crippen LogP contribution in [0.3, 0.4) is 0 Å². The third-order valence-corrected chi connectivity index (χ3v) is 3.82. The summed E-state index contributed by atoms with van der Waals surface area (Å²) >= 11 is 1.38. The van der Waals surface area contributed by atoms with Crippen molar-refractivity contribution >= 4 is 28.7 Å². The fourth-order valence-electron chi connectivity index (χ4n) is 1.99. The Labute approximate surface area is 114 Å². The average molecular weight is 273 g/mol. The molecular weight excluding hydrogens is 262 g/mol. The highest BCUT2D eigenvalue weighted by molar-refractivity contribution is 7.12. The van der Waals surface area contributed by atoms with E-state index in [9.17, 15) is 9.59 Å². The van der Waals surface area contributed by atoms with E-state index < -0.39 is 0 Å². The van der Waals surface area contributed by atoms with Crippen LogP contribution in [0.5, 0.6) is 5.75 Å². The zero-order chi connectivity index (χ0) is 13.2. The summed E-state index contributed by atoms with van der Waals surface area (Å²) in [6.45, 7) is 0.0362. The number of amides is 1. The molecule has 0 aliphatic carbocycles. The number of carbonyl (C=O) groups is 2. The summed E-state index contributed by atoms with van der Waals surface area (Å²) in [6.07, 6.45) is 0. The molecule has 0 atom stereocenters. The minimum Gasteiger partial charge on any atom is -0.482 e. The minimum absolute atomic E-state index is 0.0191. The van der Waals surface area contributed by atoms with Crippen molar-refractivity contribution in [3.8, 4) is 5.75 Å². The van der Waals surface area contributed by atoms with Crippen molar-refractivity contribution in [2.75, 3.05) is 18.1 Å². The number of rotatable bonds is 3. The lowest BCUT2D eigenvalue weighted by Crippen LogP contribution is -2.41. The number of ketones is 1.